The maximum atomic E-state index is 11.3. The molecule has 72 valence electrons. The van der Waals surface area contributed by atoms with E-state index >= 15 is 0 Å². The zero-order valence-electron chi connectivity index (χ0n) is 6.66. The van der Waals surface area contributed by atoms with Gasteiger partial charge in [-0.2, -0.15) is 0 Å². The van der Waals surface area contributed by atoms with Gasteiger partial charge in [0.15, 0.2) is 0 Å². The van der Waals surface area contributed by atoms with E-state index in [1.54, 1.807) is 30.3 Å². The molecule has 6 heteroatoms. The third kappa shape index (κ3) is 3.83. The van der Waals surface area contributed by atoms with Gasteiger partial charge < -0.3 is 9.79 Å². The summed E-state index contributed by atoms with van der Waals surface area (Å²) in [5, 5.41) is 0. The predicted octanol–water partition coefficient (Wildman–Crippen LogP) is 0.929. The van der Waals surface area contributed by atoms with Crippen molar-refractivity contribution in [2.24, 2.45) is 0 Å². The minimum Gasteiger partial charge on any atom is -0.324 e. The molecule has 0 aromatic heterocycles. The van der Waals surface area contributed by atoms with Crippen LogP contribution in [0.5, 0.6) is 0 Å². The van der Waals surface area contributed by atoms with E-state index in [0.717, 1.165) is 0 Å². The van der Waals surface area contributed by atoms with Crippen molar-refractivity contribution in [1.82, 2.24) is 0 Å². The Morgan fingerprint density at radius 2 is 1.77 bits per heavy atom. The average molecular weight is 221 g/mol. The van der Waals surface area contributed by atoms with Gasteiger partial charge >= 0.3 is 7.60 Å². The van der Waals surface area contributed by atoms with Crippen LogP contribution < -0.4 is 0 Å². The Morgan fingerprint density at radius 1 is 1.23 bits per heavy atom. The monoisotopic (exact) mass is 221 g/mol. The van der Waals surface area contributed by atoms with E-state index < -0.39 is 23.9 Å². The molecule has 0 fully saturated rings. The fraction of sp³-hybridized carbons (Fsp3) is 0.143. The molecule has 4 nitrogen and oxygen atoms in total. The van der Waals surface area contributed by atoms with E-state index in [-0.39, 0.29) is 0 Å². The van der Waals surface area contributed by atoms with Gasteiger partial charge in [0.05, 0.1) is 10.8 Å². The van der Waals surface area contributed by atoms with Crippen molar-refractivity contribution >= 4 is 18.4 Å². The molecule has 1 aromatic rings. The molecular formula is C7H9O4PS. The summed E-state index contributed by atoms with van der Waals surface area (Å²) in [6, 6.07) is 8.25. The fourth-order valence-corrected chi connectivity index (χ4v) is 3.08. The van der Waals surface area contributed by atoms with Crippen molar-refractivity contribution in [3.05, 3.63) is 30.3 Å². The molecule has 1 aromatic carbocycles. The summed E-state index contributed by atoms with van der Waals surface area (Å²) in [4.78, 5) is 17.6. The van der Waals surface area contributed by atoms with Crippen molar-refractivity contribution in [2.45, 2.75) is 4.90 Å². The van der Waals surface area contributed by atoms with Crippen LogP contribution in [0.1, 0.15) is 0 Å². The third-order valence-electron chi connectivity index (χ3n) is 1.29. The number of benzene rings is 1. The van der Waals surface area contributed by atoms with E-state index in [9.17, 15) is 8.77 Å². The first-order chi connectivity index (χ1) is 5.99. The zero-order chi connectivity index (χ0) is 9.90. The highest BCUT2D eigenvalue weighted by Gasteiger charge is 2.18. The van der Waals surface area contributed by atoms with Gasteiger partial charge in [0, 0.05) is 4.90 Å². The normalized spacial score (nSPS) is 14.0. The molecule has 13 heavy (non-hydrogen) atoms. The van der Waals surface area contributed by atoms with Crippen molar-refractivity contribution in [2.75, 3.05) is 5.49 Å². The average Bonchev–Trinajstić information content (AvgIpc) is 2.03. The molecule has 0 bridgehead atoms. The van der Waals surface area contributed by atoms with Gasteiger partial charge in [-0.05, 0) is 12.1 Å². The van der Waals surface area contributed by atoms with Crippen molar-refractivity contribution in [1.29, 1.82) is 0 Å². The van der Waals surface area contributed by atoms with E-state index in [1.807, 2.05) is 0 Å². The van der Waals surface area contributed by atoms with E-state index in [0.29, 0.717) is 4.90 Å². The van der Waals surface area contributed by atoms with Crippen LogP contribution in [0.3, 0.4) is 0 Å². The van der Waals surface area contributed by atoms with Crippen LogP contribution >= 0.6 is 7.60 Å². The summed E-state index contributed by atoms with van der Waals surface area (Å²) < 4.78 is 21.8. The van der Waals surface area contributed by atoms with Crippen molar-refractivity contribution < 1.29 is 18.6 Å². The quantitative estimate of drug-likeness (QED) is 0.588. The summed E-state index contributed by atoms with van der Waals surface area (Å²) >= 11 is 0. The summed E-state index contributed by atoms with van der Waals surface area (Å²) in [5.41, 5.74) is -0.614. The maximum absolute atomic E-state index is 11.3. The third-order valence-corrected chi connectivity index (χ3v) is 4.37. The highest BCUT2D eigenvalue weighted by atomic mass is 32.2. The van der Waals surface area contributed by atoms with Crippen LogP contribution in [0.2, 0.25) is 0 Å². The van der Waals surface area contributed by atoms with Gasteiger partial charge in [-0.15, -0.1) is 0 Å². The number of hydrogen-bond acceptors (Lipinski definition) is 2. The lowest BCUT2D eigenvalue weighted by molar-refractivity contribution is 0.379. The molecule has 0 amide bonds. The van der Waals surface area contributed by atoms with Gasteiger partial charge in [-0.1, -0.05) is 18.2 Å². The standard InChI is InChI=1S/C7H9O4PS/c8-12(9,10)6-13(11)7-4-2-1-3-5-7/h1-5H,6H2,(H2,8,9,10)/i6+1. The topological polar surface area (TPSA) is 74.6 Å². The zero-order valence-corrected chi connectivity index (χ0v) is 8.37. The second kappa shape index (κ2) is 4.15. The second-order valence-electron chi connectivity index (χ2n) is 2.45. The molecule has 0 saturated carbocycles. The summed E-state index contributed by atoms with van der Waals surface area (Å²) in [6.07, 6.45) is 0. The molecule has 0 radical (unpaired) electrons. The van der Waals surface area contributed by atoms with E-state index in [2.05, 4.69) is 0 Å². The Morgan fingerprint density at radius 3 is 2.23 bits per heavy atom. The largest absolute Gasteiger partial charge is 0.338 e. The Bertz CT molecular complexity index is 345. The lowest BCUT2D eigenvalue weighted by Gasteiger charge is -2.03. The van der Waals surface area contributed by atoms with Gasteiger partial charge in [0.25, 0.3) is 0 Å². The first-order valence-corrected chi connectivity index (χ1v) is 6.59. The summed E-state index contributed by atoms with van der Waals surface area (Å²) in [7, 11) is -5.80. The lowest BCUT2D eigenvalue weighted by Crippen LogP contribution is -1.98. The first-order valence-electron chi connectivity index (χ1n) is 3.47. The highest BCUT2D eigenvalue weighted by Crippen LogP contribution is 2.36. The van der Waals surface area contributed by atoms with E-state index in [1.165, 1.54) is 0 Å². The van der Waals surface area contributed by atoms with Gasteiger partial charge in [0.1, 0.15) is 5.49 Å². The second-order valence-corrected chi connectivity index (χ2v) is 5.98. The smallest absolute Gasteiger partial charge is 0.324 e. The van der Waals surface area contributed by atoms with Crippen molar-refractivity contribution in [3.8, 4) is 0 Å². The Kier molecular flexibility index (Phi) is 3.39. The molecular weight excluding hydrogens is 212 g/mol. The molecule has 0 heterocycles. The molecule has 1 unspecified atom stereocenters. The van der Waals surface area contributed by atoms with Crippen LogP contribution in [0, 0.1) is 0 Å². The Labute approximate surface area is 78.2 Å². The summed E-state index contributed by atoms with van der Waals surface area (Å²) in [6.45, 7) is 0. The molecule has 1 rings (SSSR count). The van der Waals surface area contributed by atoms with Crippen LogP contribution in [0.25, 0.3) is 0 Å². The number of hydrogen-bond donors (Lipinski definition) is 2. The molecule has 0 saturated heterocycles. The Hall–Kier alpha value is -0.480. The van der Waals surface area contributed by atoms with Crippen LogP contribution in [0.4, 0.5) is 0 Å². The van der Waals surface area contributed by atoms with Gasteiger partial charge in [-0.25, -0.2) is 0 Å². The Balaban J connectivity index is 2.76. The van der Waals surface area contributed by atoms with E-state index in [4.69, 9.17) is 9.79 Å². The SMILES string of the molecule is O=S([13CH2]P(=O)(O)O)c1ccccc1. The molecule has 0 aliphatic carbocycles. The van der Waals surface area contributed by atoms with Crippen LogP contribution in [0.15, 0.2) is 35.2 Å². The molecule has 0 spiro atoms. The summed E-state index contributed by atoms with van der Waals surface area (Å²) in [5.74, 6) is 0. The lowest BCUT2D eigenvalue weighted by atomic mass is 10.4. The van der Waals surface area contributed by atoms with Crippen molar-refractivity contribution in [3.63, 3.8) is 0 Å². The van der Waals surface area contributed by atoms with Crippen LogP contribution in [-0.2, 0) is 15.4 Å². The molecule has 0 aliphatic heterocycles. The molecule has 1 atom stereocenters. The maximum Gasteiger partial charge on any atom is 0.338 e. The van der Waals surface area contributed by atoms with Gasteiger partial charge in [0.2, 0.25) is 0 Å². The minimum absolute atomic E-state index is 0.436. The minimum atomic E-state index is -4.19. The van der Waals surface area contributed by atoms with Crippen LogP contribution in [-0.4, -0.2) is 19.5 Å². The fourth-order valence-electron chi connectivity index (χ4n) is 0.800. The first kappa shape index (κ1) is 10.6. The number of rotatable bonds is 3. The highest BCUT2D eigenvalue weighted by molar-refractivity contribution is 7.92. The molecule has 2 N–H and O–H groups in total. The molecule has 0 aliphatic rings. The predicted molar refractivity (Wildman–Crippen MR) is 49.8 cm³/mol. The van der Waals surface area contributed by atoms with Gasteiger partial charge in [-0.3, -0.25) is 8.77 Å².